The van der Waals surface area contributed by atoms with Crippen LogP contribution >= 0.6 is 37.9 Å². The molecule has 0 unspecified atom stereocenters. The third-order valence-electron chi connectivity index (χ3n) is 5.10. The fraction of sp³-hybridized carbons (Fsp3) is 0. The van der Waals surface area contributed by atoms with Crippen LogP contribution in [0.1, 0.15) is 31.1 Å². The van der Waals surface area contributed by atoms with E-state index in [9.17, 15) is 14.4 Å². The van der Waals surface area contributed by atoms with E-state index in [4.69, 9.17) is 0 Å². The lowest BCUT2D eigenvalue weighted by Gasteiger charge is -2.12. The summed E-state index contributed by atoms with van der Waals surface area (Å²) in [5.74, 6) is -1.40. The fourth-order valence-corrected chi connectivity index (χ4v) is 3.71. The molecule has 0 atom stereocenters. The van der Waals surface area contributed by atoms with E-state index in [2.05, 4.69) is 53.8 Å². The van der Waals surface area contributed by atoms with Gasteiger partial charge >= 0.3 is 0 Å². The zero-order chi connectivity index (χ0) is 25.7. The molecule has 0 heterocycles. The second-order valence-corrected chi connectivity index (χ2v) is 9.35. The topological polar surface area (TPSA) is 87.3 Å². The molecule has 4 aromatic carbocycles. The molecule has 4 aromatic rings. The monoisotopic (exact) mass is 531 g/mol. The molecule has 0 spiro atoms. The van der Waals surface area contributed by atoms with Gasteiger partial charge in [-0.3, -0.25) is 14.4 Å². The Morgan fingerprint density at radius 1 is 0.417 bits per heavy atom. The molecule has 9 heteroatoms. The first-order chi connectivity index (χ1) is 17.3. The number of carbonyl (C=O) groups excluding carboxylic acids is 3. The summed E-state index contributed by atoms with van der Waals surface area (Å²) in [6, 6.07) is 25.0. The molecule has 0 aliphatic rings. The van der Waals surface area contributed by atoms with Gasteiger partial charge in [0.15, 0.2) is 0 Å². The minimum atomic E-state index is -0.468. The summed E-state index contributed by atoms with van der Waals surface area (Å²) in [5.41, 5.74) is 2.12. The quantitative estimate of drug-likeness (QED) is 0.165. The molecule has 180 valence electrons. The Labute approximate surface area is 224 Å². The number of anilines is 3. The molecular formula is C27H21N3O3S3. The Morgan fingerprint density at radius 2 is 0.639 bits per heavy atom. The Balaban J connectivity index is 1.64. The van der Waals surface area contributed by atoms with Gasteiger partial charge < -0.3 is 16.0 Å². The first kappa shape index (κ1) is 25.4. The van der Waals surface area contributed by atoms with Crippen LogP contribution in [-0.2, 0) is 0 Å². The lowest BCUT2D eigenvalue weighted by atomic mass is 10.0. The molecule has 6 nitrogen and oxygen atoms in total. The van der Waals surface area contributed by atoms with Crippen molar-refractivity contribution in [3.63, 3.8) is 0 Å². The maximum atomic E-state index is 13.0. The Hall–Kier alpha value is -3.66. The molecule has 3 amide bonds. The number of carbonyl (C=O) groups is 3. The van der Waals surface area contributed by atoms with E-state index in [-0.39, 0.29) is 16.7 Å². The predicted molar refractivity (Wildman–Crippen MR) is 151 cm³/mol. The molecular weight excluding hydrogens is 511 g/mol. The maximum absolute atomic E-state index is 13.0. The summed E-state index contributed by atoms with van der Waals surface area (Å²) in [4.78, 5) is 41.3. The highest BCUT2D eigenvalue weighted by molar-refractivity contribution is 7.80. The molecule has 0 aliphatic heterocycles. The summed E-state index contributed by atoms with van der Waals surface area (Å²) in [6.07, 6.45) is 0. The van der Waals surface area contributed by atoms with E-state index < -0.39 is 17.7 Å². The van der Waals surface area contributed by atoms with Gasteiger partial charge in [0.05, 0.1) is 0 Å². The van der Waals surface area contributed by atoms with Crippen LogP contribution in [0.3, 0.4) is 0 Å². The van der Waals surface area contributed by atoms with E-state index >= 15 is 0 Å². The number of hydrogen-bond donors (Lipinski definition) is 6. The van der Waals surface area contributed by atoms with Gasteiger partial charge in [-0.05, 0) is 91.0 Å². The van der Waals surface area contributed by atoms with Crippen LogP contribution in [0.5, 0.6) is 0 Å². The van der Waals surface area contributed by atoms with Crippen LogP contribution in [0.2, 0.25) is 0 Å². The van der Waals surface area contributed by atoms with Crippen molar-refractivity contribution in [2.45, 2.75) is 14.7 Å². The molecule has 0 radical (unpaired) electrons. The average Bonchev–Trinajstić information content (AvgIpc) is 2.87. The molecule has 0 saturated carbocycles. The van der Waals surface area contributed by atoms with Gasteiger partial charge in [0.1, 0.15) is 0 Å². The summed E-state index contributed by atoms with van der Waals surface area (Å²) < 4.78 is 0. The summed E-state index contributed by atoms with van der Waals surface area (Å²) in [6.45, 7) is 0. The van der Waals surface area contributed by atoms with E-state index in [1.54, 1.807) is 72.8 Å². The molecule has 0 fully saturated rings. The first-order valence-electron chi connectivity index (χ1n) is 10.7. The molecule has 0 aliphatic carbocycles. The van der Waals surface area contributed by atoms with Crippen LogP contribution < -0.4 is 16.0 Å². The minimum absolute atomic E-state index is 0.152. The largest absolute Gasteiger partial charge is 0.322 e. The lowest BCUT2D eigenvalue weighted by Crippen LogP contribution is -2.19. The number of hydrogen-bond acceptors (Lipinski definition) is 6. The van der Waals surface area contributed by atoms with Gasteiger partial charge in [-0.15, -0.1) is 37.9 Å². The van der Waals surface area contributed by atoms with E-state index in [1.807, 2.05) is 0 Å². The lowest BCUT2D eigenvalue weighted by molar-refractivity contribution is 0.102. The standard InChI is InChI=1S/C27H21N3O3S3/c31-25(28-19-1-7-22(34)8-2-19)16-13-17(26(32)29-20-3-9-23(35)10-4-20)15-18(14-16)27(33)30-21-5-11-24(36)12-6-21/h1-15,34-36H,(H,28,31)(H,29,32)(H,30,33). The third kappa shape index (κ3) is 6.72. The summed E-state index contributed by atoms with van der Waals surface area (Å²) in [7, 11) is 0. The van der Waals surface area contributed by atoms with E-state index in [1.165, 1.54) is 18.2 Å². The molecule has 0 saturated heterocycles. The van der Waals surface area contributed by atoms with Crippen molar-refractivity contribution in [2.75, 3.05) is 16.0 Å². The SMILES string of the molecule is O=C(Nc1ccc(S)cc1)c1cc(C(=O)Nc2ccc(S)cc2)cc(C(=O)Nc2ccc(S)cc2)c1. The second-order valence-electron chi connectivity index (χ2n) is 7.80. The molecule has 3 N–H and O–H groups in total. The van der Waals surface area contributed by atoms with E-state index in [0.717, 1.165) is 14.7 Å². The average molecular weight is 532 g/mol. The zero-order valence-electron chi connectivity index (χ0n) is 18.7. The van der Waals surface area contributed by atoms with Crippen molar-refractivity contribution in [3.8, 4) is 0 Å². The predicted octanol–water partition coefficient (Wildman–Crippen LogP) is 6.31. The maximum Gasteiger partial charge on any atom is 0.255 e. The van der Waals surface area contributed by atoms with Crippen molar-refractivity contribution in [2.24, 2.45) is 0 Å². The smallest absolute Gasteiger partial charge is 0.255 e. The highest BCUT2D eigenvalue weighted by Gasteiger charge is 2.17. The second kappa shape index (κ2) is 11.4. The van der Waals surface area contributed by atoms with Crippen LogP contribution in [-0.4, -0.2) is 17.7 Å². The molecule has 36 heavy (non-hydrogen) atoms. The molecule has 0 aromatic heterocycles. The van der Waals surface area contributed by atoms with Gasteiger partial charge in [-0.25, -0.2) is 0 Å². The van der Waals surface area contributed by atoms with Crippen molar-refractivity contribution in [3.05, 3.63) is 108 Å². The third-order valence-corrected chi connectivity index (χ3v) is 5.99. The number of nitrogens with one attached hydrogen (secondary N) is 3. The number of rotatable bonds is 6. The van der Waals surface area contributed by atoms with Crippen LogP contribution in [0.4, 0.5) is 17.1 Å². The van der Waals surface area contributed by atoms with Crippen LogP contribution in [0.25, 0.3) is 0 Å². The van der Waals surface area contributed by atoms with Gasteiger partial charge in [0, 0.05) is 48.4 Å². The highest BCUT2D eigenvalue weighted by atomic mass is 32.1. The van der Waals surface area contributed by atoms with Crippen molar-refractivity contribution < 1.29 is 14.4 Å². The fourth-order valence-electron chi connectivity index (χ4n) is 3.26. The summed E-state index contributed by atoms with van der Waals surface area (Å²) >= 11 is 12.7. The number of amides is 3. The Kier molecular flexibility index (Phi) is 8.04. The first-order valence-corrected chi connectivity index (χ1v) is 12.1. The number of thiol groups is 3. The Morgan fingerprint density at radius 3 is 0.861 bits per heavy atom. The normalized spacial score (nSPS) is 10.4. The van der Waals surface area contributed by atoms with Crippen LogP contribution in [0.15, 0.2) is 106 Å². The molecule has 0 bridgehead atoms. The Bertz CT molecular complexity index is 1230. The van der Waals surface area contributed by atoms with Gasteiger partial charge in [0.25, 0.3) is 17.7 Å². The zero-order valence-corrected chi connectivity index (χ0v) is 21.4. The summed E-state index contributed by atoms with van der Waals surface area (Å²) in [5, 5.41) is 8.33. The van der Waals surface area contributed by atoms with Gasteiger partial charge in [0.2, 0.25) is 0 Å². The molecule has 4 rings (SSSR count). The highest BCUT2D eigenvalue weighted by Crippen LogP contribution is 2.20. The van der Waals surface area contributed by atoms with Crippen molar-refractivity contribution in [1.82, 2.24) is 0 Å². The van der Waals surface area contributed by atoms with E-state index in [0.29, 0.717) is 17.1 Å². The minimum Gasteiger partial charge on any atom is -0.322 e. The van der Waals surface area contributed by atoms with Crippen molar-refractivity contribution >= 4 is 72.7 Å². The van der Waals surface area contributed by atoms with Crippen LogP contribution in [0, 0.1) is 0 Å². The van der Waals surface area contributed by atoms with Crippen molar-refractivity contribution in [1.29, 1.82) is 0 Å². The van der Waals surface area contributed by atoms with Gasteiger partial charge in [-0.2, -0.15) is 0 Å². The number of benzene rings is 4. The van der Waals surface area contributed by atoms with Gasteiger partial charge in [-0.1, -0.05) is 0 Å².